The number of hydrogen-bond acceptors (Lipinski definition) is 5. The Morgan fingerprint density at radius 3 is 2.62 bits per heavy atom. The third-order valence-corrected chi connectivity index (χ3v) is 4.31. The smallest absolute Gasteiger partial charge is 0.265 e. The van der Waals surface area contributed by atoms with Gasteiger partial charge in [-0.15, -0.1) is 0 Å². The van der Waals surface area contributed by atoms with Gasteiger partial charge < -0.3 is 24.8 Å². The number of fused-ring (bicyclic) bond motifs is 1. The highest BCUT2D eigenvalue weighted by molar-refractivity contribution is 5.97. The zero-order chi connectivity index (χ0) is 18.5. The Balaban J connectivity index is 1.60. The summed E-state index contributed by atoms with van der Waals surface area (Å²) in [6.45, 7) is 3.05. The third-order valence-electron chi connectivity index (χ3n) is 4.31. The van der Waals surface area contributed by atoms with E-state index in [0.717, 1.165) is 22.7 Å². The first-order chi connectivity index (χ1) is 12.6. The number of methoxy groups -OCH3 is 1. The molecule has 1 unspecified atom stereocenters. The maximum atomic E-state index is 12.3. The van der Waals surface area contributed by atoms with Crippen LogP contribution in [0.5, 0.6) is 17.2 Å². The van der Waals surface area contributed by atoms with E-state index in [0.29, 0.717) is 25.3 Å². The summed E-state index contributed by atoms with van der Waals surface area (Å²) >= 11 is 0. The first kappa shape index (κ1) is 18.1. The first-order valence-electron chi connectivity index (χ1n) is 8.68. The lowest BCUT2D eigenvalue weighted by atomic mass is 10.1. The fourth-order valence-corrected chi connectivity index (χ4v) is 2.83. The maximum absolute atomic E-state index is 12.3. The van der Waals surface area contributed by atoms with Crippen LogP contribution in [-0.2, 0) is 4.79 Å². The summed E-state index contributed by atoms with van der Waals surface area (Å²) in [7, 11) is 1.63. The van der Waals surface area contributed by atoms with Crippen LogP contribution < -0.4 is 24.8 Å². The topological polar surface area (TPSA) is 74.0 Å². The number of hydrogen-bond donors (Lipinski definition) is 1. The van der Waals surface area contributed by atoms with Crippen molar-refractivity contribution in [2.24, 2.45) is 5.73 Å². The molecule has 0 aliphatic carbocycles. The van der Waals surface area contributed by atoms with Gasteiger partial charge in [-0.3, -0.25) is 4.79 Å². The standard InChI is InChI=1S/C20H24N2O4/c1-14(21)15-4-9-19-18(12-15)22(20(23)13-26-19)10-3-11-25-17-7-5-16(24-2)6-8-17/h4-9,12,14H,3,10-11,13,21H2,1-2H3. The monoisotopic (exact) mass is 356 g/mol. The van der Waals surface area contributed by atoms with Crippen LogP contribution >= 0.6 is 0 Å². The van der Waals surface area contributed by atoms with Crippen LogP contribution in [-0.4, -0.2) is 32.8 Å². The normalized spacial score (nSPS) is 14.4. The van der Waals surface area contributed by atoms with Gasteiger partial charge in [-0.1, -0.05) is 6.07 Å². The van der Waals surface area contributed by atoms with Gasteiger partial charge >= 0.3 is 0 Å². The molecule has 6 heteroatoms. The van der Waals surface area contributed by atoms with Crippen molar-refractivity contribution in [1.82, 2.24) is 0 Å². The first-order valence-corrected chi connectivity index (χ1v) is 8.68. The predicted octanol–water partition coefficient (Wildman–Crippen LogP) is 2.91. The minimum absolute atomic E-state index is 0.0521. The molecule has 2 aromatic carbocycles. The largest absolute Gasteiger partial charge is 0.497 e. The summed E-state index contributed by atoms with van der Waals surface area (Å²) in [6.07, 6.45) is 0.708. The molecule has 1 amide bonds. The molecule has 0 spiro atoms. The SMILES string of the molecule is COc1ccc(OCCCN2C(=O)COc3ccc(C(C)N)cc32)cc1. The number of ether oxygens (including phenoxy) is 3. The quantitative estimate of drug-likeness (QED) is 0.772. The van der Waals surface area contributed by atoms with Crippen molar-refractivity contribution in [3.05, 3.63) is 48.0 Å². The molecular formula is C20H24N2O4. The third kappa shape index (κ3) is 4.08. The molecule has 6 nitrogen and oxygen atoms in total. The molecular weight excluding hydrogens is 332 g/mol. The molecule has 0 bridgehead atoms. The van der Waals surface area contributed by atoms with E-state index in [1.54, 1.807) is 12.0 Å². The van der Waals surface area contributed by atoms with Crippen molar-refractivity contribution >= 4 is 11.6 Å². The molecule has 2 N–H and O–H groups in total. The van der Waals surface area contributed by atoms with Crippen molar-refractivity contribution in [3.8, 4) is 17.2 Å². The number of amides is 1. The van der Waals surface area contributed by atoms with E-state index in [4.69, 9.17) is 19.9 Å². The van der Waals surface area contributed by atoms with Crippen molar-refractivity contribution < 1.29 is 19.0 Å². The summed E-state index contributed by atoms with van der Waals surface area (Å²) in [6, 6.07) is 13.1. The highest BCUT2D eigenvalue weighted by atomic mass is 16.5. The summed E-state index contributed by atoms with van der Waals surface area (Å²) in [5.74, 6) is 2.23. The molecule has 1 atom stereocenters. The van der Waals surface area contributed by atoms with Crippen LogP contribution in [0.3, 0.4) is 0 Å². The van der Waals surface area contributed by atoms with Gasteiger partial charge in [0.2, 0.25) is 0 Å². The lowest BCUT2D eigenvalue weighted by Gasteiger charge is -2.30. The average Bonchev–Trinajstić information content (AvgIpc) is 2.66. The Kier molecular flexibility index (Phi) is 5.63. The van der Waals surface area contributed by atoms with Gasteiger partial charge in [-0.25, -0.2) is 0 Å². The minimum atomic E-state index is -0.0995. The maximum Gasteiger partial charge on any atom is 0.265 e. The Morgan fingerprint density at radius 1 is 1.19 bits per heavy atom. The number of nitrogens with zero attached hydrogens (tertiary/aromatic N) is 1. The molecule has 0 aromatic heterocycles. The highest BCUT2D eigenvalue weighted by Gasteiger charge is 2.25. The van der Waals surface area contributed by atoms with Crippen molar-refractivity contribution in [2.45, 2.75) is 19.4 Å². The van der Waals surface area contributed by atoms with E-state index in [-0.39, 0.29) is 18.6 Å². The van der Waals surface area contributed by atoms with E-state index >= 15 is 0 Å². The number of rotatable bonds is 7. The van der Waals surface area contributed by atoms with Crippen LogP contribution in [0.15, 0.2) is 42.5 Å². The predicted molar refractivity (Wildman–Crippen MR) is 100.0 cm³/mol. The molecule has 2 aromatic rings. The Labute approximate surface area is 153 Å². The molecule has 3 rings (SSSR count). The number of nitrogens with two attached hydrogens (primary N) is 1. The molecule has 138 valence electrons. The highest BCUT2D eigenvalue weighted by Crippen LogP contribution is 2.34. The fraction of sp³-hybridized carbons (Fsp3) is 0.350. The number of carbonyl (C=O) groups is 1. The Bertz CT molecular complexity index is 759. The number of carbonyl (C=O) groups excluding carboxylic acids is 1. The second-order valence-electron chi connectivity index (χ2n) is 6.23. The van der Waals surface area contributed by atoms with E-state index < -0.39 is 0 Å². The van der Waals surface area contributed by atoms with E-state index in [1.165, 1.54) is 0 Å². The van der Waals surface area contributed by atoms with Gasteiger partial charge in [0, 0.05) is 12.6 Å². The zero-order valence-electron chi connectivity index (χ0n) is 15.1. The van der Waals surface area contributed by atoms with Gasteiger partial charge in [0.1, 0.15) is 17.2 Å². The van der Waals surface area contributed by atoms with Crippen molar-refractivity contribution in [2.75, 3.05) is 31.8 Å². The van der Waals surface area contributed by atoms with Crippen LogP contribution in [0.25, 0.3) is 0 Å². The van der Waals surface area contributed by atoms with Gasteiger partial charge in [-0.2, -0.15) is 0 Å². The Morgan fingerprint density at radius 2 is 1.92 bits per heavy atom. The summed E-state index contributed by atoms with van der Waals surface area (Å²) in [4.78, 5) is 14.0. The van der Waals surface area contributed by atoms with Crippen LogP contribution in [0, 0.1) is 0 Å². The molecule has 26 heavy (non-hydrogen) atoms. The van der Waals surface area contributed by atoms with E-state index in [2.05, 4.69) is 0 Å². The number of anilines is 1. The van der Waals surface area contributed by atoms with Crippen LogP contribution in [0.4, 0.5) is 5.69 Å². The minimum Gasteiger partial charge on any atom is -0.497 e. The Hall–Kier alpha value is -2.73. The van der Waals surface area contributed by atoms with Gasteiger partial charge in [-0.05, 0) is 55.3 Å². The molecule has 1 heterocycles. The summed E-state index contributed by atoms with van der Waals surface area (Å²) in [5.41, 5.74) is 7.71. The lowest BCUT2D eigenvalue weighted by molar-refractivity contribution is -0.121. The second-order valence-corrected chi connectivity index (χ2v) is 6.23. The van der Waals surface area contributed by atoms with Gasteiger partial charge in [0.05, 0.1) is 19.4 Å². The molecule has 0 fully saturated rings. The van der Waals surface area contributed by atoms with Crippen molar-refractivity contribution in [3.63, 3.8) is 0 Å². The zero-order valence-corrected chi connectivity index (χ0v) is 15.1. The van der Waals surface area contributed by atoms with Gasteiger partial charge in [0.25, 0.3) is 5.91 Å². The van der Waals surface area contributed by atoms with E-state index in [1.807, 2.05) is 49.4 Å². The molecule has 1 aliphatic rings. The van der Waals surface area contributed by atoms with E-state index in [9.17, 15) is 4.79 Å². The summed E-state index contributed by atoms with van der Waals surface area (Å²) in [5, 5.41) is 0. The molecule has 1 aliphatic heterocycles. The number of benzene rings is 2. The summed E-state index contributed by atoms with van der Waals surface area (Å²) < 4.78 is 16.4. The van der Waals surface area contributed by atoms with Crippen molar-refractivity contribution in [1.29, 1.82) is 0 Å². The van der Waals surface area contributed by atoms with Crippen LogP contribution in [0.2, 0.25) is 0 Å². The lowest BCUT2D eigenvalue weighted by Crippen LogP contribution is -2.40. The molecule has 0 radical (unpaired) electrons. The average molecular weight is 356 g/mol. The van der Waals surface area contributed by atoms with Crippen LogP contribution in [0.1, 0.15) is 24.9 Å². The molecule has 0 saturated heterocycles. The second kappa shape index (κ2) is 8.10. The van der Waals surface area contributed by atoms with Gasteiger partial charge in [0.15, 0.2) is 6.61 Å². The fourth-order valence-electron chi connectivity index (χ4n) is 2.83. The molecule has 0 saturated carbocycles.